The maximum absolute atomic E-state index is 5.10. The predicted molar refractivity (Wildman–Crippen MR) is 101 cm³/mol. The molecule has 0 radical (unpaired) electrons. The summed E-state index contributed by atoms with van der Waals surface area (Å²) in [5.74, 6) is 1.56. The Morgan fingerprint density at radius 1 is 1.23 bits per heavy atom. The van der Waals surface area contributed by atoms with E-state index in [1.165, 1.54) is 5.56 Å². The van der Waals surface area contributed by atoms with Gasteiger partial charge in [-0.3, -0.25) is 9.97 Å². The monoisotopic (exact) mass is 357 g/mol. The minimum Gasteiger partial charge on any atom is -0.383 e. The van der Waals surface area contributed by atoms with E-state index in [0.29, 0.717) is 19.1 Å². The van der Waals surface area contributed by atoms with Crippen molar-refractivity contribution in [3.8, 4) is 0 Å². The van der Waals surface area contributed by atoms with Crippen LogP contribution >= 0.6 is 0 Å². The first-order chi connectivity index (χ1) is 12.8. The van der Waals surface area contributed by atoms with Crippen LogP contribution in [0.4, 0.5) is 11.8 Å². The summed E-state index contributed by atoms with van der Waals surface area (Å²) in [7, 11) is 1.69. The SMILES string of the molecule is COCCNc1nc2c(c(N[C@H](C)Cc3cnccn3)n1)CCNCC2. The standard InChI is InChI=1S/C18H27N7O/c1-13(11-14-12-20-7-8-21-14)23-17-15-3-5-19-6-4-16(15)24-18(25-17)22-9-10-26-2/h7-8,12-13,19H,3-6,9-11H2,1-2H3,(H2,22,23,24,25)/t13-/m1/s1. The largest absolute Gasteiger partial charge is 0.383 e. The summed E-state index contributed by atoms with van der Waals surface area (Å²) in [4.78, 5) is 17.9. The molecule has 0 aliphatic carbocycles. The number of nitrogens with zero attached hydrogens (tertiary/aromatic N) is 4. The van der Waals surface area contributed by atoms with Crippen LogP contribution in [0.2, 0.25) is 0 Å². The quantitative estimate of drug-likeness (QED) is 0.604. The van der Waals surface area contributed by atoms with E-state index in [2.05, 4.69) is 32.8 Å². The zero-order chi connectivity index (χ0) is 18.2. The molecule has 3 N–H and O–H groups in total. The maximum atomic E-state index is 5.10. The molecule has 8 nitrogen and oxygen atoms in total. The molecule has 3 rings (SSSR count). The molecule has 1 atom stereocenters. The molecule has 0 bridgehead atoms. The Bertz CT molecular complexity index is 695. The fraction of sp³-hybridized carbons (Fsp3) is 0.556. The molecular weight excluding hydrogens is 330 g/mol. The molecule has 0 amide bonds. The van der Waals surface area contributed by atoms with E-state index >= 15 is 0 Å². The summed E-state index contributed by atoms with van der Waals surface area (Å²) < 4.78 is 5.10. The van der Waals surface area contributed by atoms with Crippen molar-refractivity contribution >= 4 is 11.8 Å². The van der Waals surface area contributed by atoms with Gasteiger partial charge in [0.25, 0.3) is 0 Å². The van der Waals surface area contributed by atoms with Crippen LogP contribution in [0.3, 0.4) is 0 Å². The number of fused-ring (bicyclic) bond motifs is 1. The van der Waals surface area contributed by atoms with Crippen molar-refractivity contribution in [2.75, 3.05) is 44.0 Å². The van der Waals surface area contributed by atoms with Gasteiger partial charge in [-0.25, -0.2) is 4.98 Å². The van der Waals surface area contributed by atoms with E-state index in [-0.39, 0.29) is 6.04 Å². The highest BCUT2D eigenvalue weighted by Gasteiger charge is 2.18. The molecule has 3 heterocycles. The van der Waals surface area contributed by atoms with Crippen molar-refractivity contribution in [2.45, 2.75) is 32.2 Å². The van der Waals surface area contributed by atoms with Crippen LogP contribution in [0, 0.1) is 0 Å². The maximum Gasteiger partial charge on any atom is 0.224 e. The number of methoxy groups -OCH3 is 1. The Labute approximate surface area is 154 Å². The molecule has 0 aromatic carbocycles. The normalized spacial score (nSPS) is 15.0. The average molecular weight is 357 g/mol. The predicted octanol–water partition coefficient (Wildman–Crippen LogP) is 1.06. The van der Waals surface area contributed by atoms with Crippen molar-refractivity contribution in [3.63, 3.8) is 0 Å². The smallest absolute Gasteiger partial charge is 0.224 e. The molecule has 8 heteroatoms. The molecule has 2 aromatic rings. The lowest BCUT2D eigenvalue weighted by atomic mass is 10.1. The number of ether oxygens (including phenoxy) is 1. The third-order valence-electron chi connectivity index (χ3n) is 4.29. The number of aromatic nitrogens is 4. The van der Waals surface area contributed by atoms with Crippen molar-refractivity contribution in [1.82, 2.24) is 25.3 Å². The first kappa shape index (κ1) is 18.5. The third-order valence-corrected chi connectivity index (χ3v) is 4.29. The second-order valence-corrected chi connectivity index (χ2v) is 6.44. The van der Waals surface area contributed by atoms with Crippen LogP contribution in [0.5, 0.6) is 0 Å². The summed E-state index contributed by atoms with van der Waals surface area (Å²) in [5, 5.41) is 10.2. The molecule has 0 spiro atoms. The fourth-order valence-corrected chi connectivity index (χ4v) is 3.04. The van der Waals surface area contributed by atoms with Crippen LogP contribution in [-0.4, -0.2) is 59.3 Å². The lowest BCUT2D eigenvalue weighted by Crippen LogP contribution is -2.22. The zero-order valence-electron chi connectivity index (χ0n) is 15.5. The Hall–Kier alpha value is -2.32. The molecular formula is C18H27N7O. The van der Waals surface area contributed by atoms with Crippen molar-refractivity contribution in [2.24, 2.45) is 0 Å². The van der Waals surface area contributed by atoms with E-state index in [9.17, 15) is 0 Å². The van der Waals surface area contributed by atoms with Gasteiger partial charge in [0.1, 0.15) is 5.82 Å². The van der Waals surface area contributed by atoms with Gasteiger partial charge >= 0.3 is 0 Å². The van der Waals surface area contributed by atoms with Gasteiger partial charge in [-0.1, -0.05) is 0 Å². The minimum absolute atomic E-state index is 0.189. The van der Waals surface area contributed by atoms with E-state index in [0.717, 1.165) is 49.6 Å². The summed E-state index contributed by atoms with van der Waals surface area (Å²) in [6.07, 6.45) is 7.84. The first-order valence-electron chi connectivity index (χ1n) is 9.11. The Kier molecular flexibility index (Phi) is 6.68. The van der Waals surface area contributed by atoms with Crippen LogP contribution in [0.25, 0.3) is 0 Å². The van der Waals surface area contributed by atoms with Gasteiger partial charge in [0, 0.05) is 63.2 Å². The molecule has 0 fully saturated rings. The highest BCUT2D eigenvalue weighted by Crippen LogP contribution is 2.22. The van der Waals surface area contributed by atoms with Crippen LogP contribution in [-0.2, 0) is 24.0 Å². The number of hydrogen-bond donors (Lipinski definition) is 3. The molecule has 0 unspecified atom stereocenters. The topological polar surface area (TPSA) is 96.9 Å². The summed E-state index contributed by atoms with van der Waals surface area (Å²) in [5.41, 5.74) is 3.28. The van der Waals surface area contributed by atoms with Gasteiger partial charge in [-0.2, -0.15) is 4.98 Å². The number of rotatable bonds is 8. The van der Waals surface area contributed by atoms with Crippen LogP contribution < -0.4 is 16.0 Å². The van der Waals surface area contributed by atoms with Gasteiger partial charge in [-0.15, -0.1) is 0 Å². The number of nitrogens with one attached hydrogen (secondary N) is 3. The van der Waals surface area contributed by atoms with E-state index < -0.39 is 0 Å². The van der Waals surface area contributed by atoms with E-state index in [4.69, 9.17) is 14.7 Å². The highest BCUT2D eigenvalue weighted by molar-refractivity contribution is 5.52. The Morgan fingerprint density at radius 3 is 2.92 bits per heavy atom. The van der Waals surface area contributed by atoms with Crippen LogP contribution in [0.15, 0.2) is 18.6 Å². The van der Waals surface area contributed by atoms with Gasteiger partial charge in [0.2, 0.25) is 5.95 Å². The molecule has 1 aliphatic rings. The fourth-order valence-electron chi connectivity index (χ4n) is 3.04. The second-order valence-electron chi connectivity index (χ2n) is 6.44. The Morgan fingerprint density at radius 2 is 2.12 bits per heavy atom. The molecule has 26 heavy (non-hydrogen) atoms. The minimum atomic E-state index is 0.189. The summed E-state index contributed by atoms with van der Waals surface area (Å²) in [6.45, 7) is 5.32. The second kappa shape index (κ2) is 9.40. The lowest BCUT2D eigenvalue weighted by molar-refractivity contribution is 0.210. The van der Waals surface area contributed by atoms with Crippen molar-refractivity contribution < 1.29 is 4.74 Å². The van der Waals surface area contributed by atoms with Gasteiger partial charge in [0.05, 0.1) is 18.0 Å². The van der Waals surface area contributed by atoms with Crippen molar-refractivity contribution in [3.05, 3.63) is 35.5 Å². The molecule has 2 aromatic heterocycles. The molecule has 0 saturated carbocycles. The number of anilines is 2. The zero-order valence-corrected chi connectivity index (χ0v) is 15.5. The van der Waals surface area contributed by atoms with E-state index in [1.807, 2.05) is 0 Å². The average Bonchev–Trinajstić information content (AvgIpc) is 2.88. The van der Waals surface area contributed by atoms with Gasteiger partial charge in [-0.05, 0) is 19.9 Å². The summed E-state index contributed by atoms with van der Waals surface area (Å²) in [6, 6.07) is 0.189. The van der Waals surface area contributed by atoms with Crippen LogP contribution in [0.1, 0.15) is 23.9 Å². The molecule has 140 valence electrons. The van der Waals surface area contributed by atoms with Crippen molar-refractivity contribution in [1.29, 1.82) is 0 Å². The van der Waals surface area contributed by atoms with Gasteiger partial charge < -0.3 is 20.7 Å². The Balaban J connectivity index is 1.77. The third kappa shape index (κ3) is 5.09. The van der Waals surface area contributed by atoms with Gasteiger partial charge in [0.15, 0.2) is 0 Å². The lowest BCUT2D eigenvalue weighted by Gasteiger charge is -2.19. The molecule has 0 saturated heterocycles. The highest BCUT2D eigenvalue weighted by atomic mass is 16.5. The molecule has 1 aliphatic heterocycles. The first-order valence-corrected chi connectivity index (χ1v) is 9.11. The van der Waals surface area contributed by atoms with E-state index in [1.54, 1.807) is 25.7 Å². The number of hydrogen-bond acceptors (Lipinski definition) is 8. The summed E-state index contributed by atoms with van der Waals surface area (Å²) >= 11 is 0.